The molecule has 18 heavy (non-hydrogen) atoms. The molecule has 5 heteroatoms. The average molecular weight is 252 g/mol. The first-order chi connectivity index (χ1) is 8.45. The maximum atomic E-state index is 13.5. The molecule has 0 bridgehead atoms. The Morgan fingerprint density at radius 1 is 1.39 bits per heavy atom. The van der Waals surface area contributed by atoms with Gasteiger partial charge in [-0.3, -0.25) is 9.59 Å². The van der Waals surface area contributed by atoms with Crippen molar-refractivity contribution in [1.29, 1.82) is 0 Å². The second-order valence-electron chi connectivity index (χ2n) is 4.07. The van der Waals surface area contributed by atoms with Crippen molar-refractivity contribution in [2.45, 2.75) is 13.8 Å². The van der Waals surface area contributed by atoms with E-state index in [0.29, 0.717) is 6.54 Å². The molecule has 1 aromatic carbocycles. The third-order valence-electron chi connectivity index (χ3n) is 2.67. The van der Waals surface area contributed by atoms with Gasteiger partial charge in [-0.25, -0.2) is 4.39 Å². The highest BCUT2D eigenvalue weighted by atomic mass is 19.1. The predicted molar refractivity (Wildman–Crippen MR) is 66.8 cm³/mol. The minimum Gasteiger partial charge on any atom is -0.345 e. The van der Waals surface area contributed by atoms with Crippen LogP contribution in [0.25, 0.3) is 0 Å². The van der Waals surface area contributed by atoms with Gasteiger partial charge in [-0.15, -0.1) is 0 Å². The first-order valence-corrected chi connectivity index (χ1v) is 5.74. The lowest BCUT2D eigenvalue weighted by Crippen LogP contribution is -2.38. The fraction of sp³-hybridized carbons (Fsp3) is 0.385. The van der Waals surface area contributed by atoms with Gasteiger partial charge < -0.3 is 10.2 Å². The molecular weight excluding hydrogens is 235 g/mol. The number of carbonyl (C=O) groups excluding carboxylic acids is 2. The first kappa shape index (κ1) is 14.2. The summed E-state index contributed by atoms with van der Waals surface area (Å²) in [5.74, 6) is -1.37. The van der Waals surface area contributed by atoms with Gasteiger partial charge in [-0.2, -0.15) is 0 Å². The lowest BCUT2D eigenvalue weighted by Gasteiger charge is -2.14. The van der Waals surface area contributed by atoms with E-state index in [0.717, 1.165) is 5.56 Å². The number of halogens is 1. The smallest absolute Gasteiger partial charge is 0.254 e. The van der Waals surface area contributed by atoms with E-state index in [1.54, 1.807) is 20.0 Å². The molecule has 0 saturated heterocycles. The number of hydrogen-bond donors (Lipinski definition) is 1. The first-order valence-electron chi connectivity index (χ1n) is 5.74. The third kappa shape index (κ3) is 3.55. The van der Waals surface area contributed by atoms with E-state index < -0.39 is 11.7 Å². The maximum Gasteiger partial charge on any atom is 0.254 e. The molecule has 0 spiro atoms. The molecule has 0 aliphatic heterocycles. The monoisotopic (exact) mass is 252 g/mol. The molecule has 0 aromatic heterocycles. The molecule has 2 amide bonds. The number of rotatable bonds is 4. The molecular formula is C13H17FN2O2. The topological polar surface area (TPSA) is 49.4 Å². The SMILES string of the molecule is CCN(C)C(=O)CNC(=O)c1ccc(C)cc1F. The average Bonchev–Trinajstić information content (AvgIpc) is 2.34. The Hall–Kier alpha value is -1.91. The number of benzene rings is 1. The van der Waals surface area contributed by atoms with Gasteiger partial charge in [0.2, 0.25) is 5.91 Å². The molecule has 0 aliphatic carbocycles. The van der Waals surface area contributed by atoms with Gasteiger partial charge in [0, 0.05) is 13.6 Å². The molecule has 1 rings (SSSR count). The van der Waals surface area contributed by atoms with Gasteiger partial charge >= 0.3 is 0 Å². The molecule has 4 nitrogen and oxygen atoms in total. The maximum absolute atomic E-state index is 13.5. The lowest BCUT2D eigenvalue weighted by atomic mass is 10.1. The fourth-order valence-corrected chi connectivity index (χ4v) is 1.37. The van der Waals surface area contributed by atoms with Gasteiger partial charge in [0.25, 0.3) is 5.91 Å². The van der Waals surface area contributed by atoms with Crippen molar-refractivity contribution in [1.82, 2.24) is 10.2 Å². The second kappa shape index (κ2) is 6.14. The summed E-state index contributed by atoms with van der Waals surface area (Å²) in [5.41, 5.74) is 0.693. The highest BCUT2D eigenvalue weighted by Gasteiger charge is 2.13. The second-order valence-corrected chi connectivity index (χ2v) is 4.07. The van der Waals surface area contributed by atoms with Crippen LogP contribution in [0, 0.1) is 12.7 Å². The molecule has 98 valence electrons. The van der Waals surface area contributed by atoms with Gasteiger partial charge in [-0.05, 0) is 31.5 Å². The summed E-state index contributed by atoms with van der Waals surface area (Å²) in [6.07, 6.45) is 0. The number of amides is 2. The van der Waals surface area contributed by atoms with Crippen molar-refractivity contribution in [2.75, 3.05) is 20.1 Å². The standard InChI is InChI=1S/C13H17FN2O2/c1-4-16(3)12(17)8-15-13(18)10-6-5-9(2)7-11(10)14/h5-7H,4,8H2,1-3H3,(H,15,18). The largest absolute Gasteiger partial charge is 0.345 e. The quantitative estimate of drug-likeness (QED) is 0.879. The Labute approximate surface area is 106 Å². The molecule has 0 radical (unpaired) electrons. The molecule has 0 atom stereocenters. The van der Waals surface area contributed by atoms with Gasteiger partial charge in [-0.1, -0.05) is 6.07 Å². The Morgan fingerprint density at radius 2 is 2.06 bits per heavy atom. The Morgan fingerprint density at radius 3 is 2.61 bits per heavy atom. The van der Waals surface area contributed by atoms with Gasteiger partial charge in [0.1, 0.15) is 5.82 Å². The third-order valence-corrected chi connectivity index (χ3v) is 2.67. The van der Waals surface area contributed by atoms with Crippen LogP contribution in [0.3, 0.4) is 0 Å². The van der Waals surface area contributed by atoms with Crippen molar-refractivity contribution < 1.29 is 14.0 Å². The van der Waals surface area contributed by atoms with Crippen LogP contribution in [0.4, 0.5) is 4.39 Å². The summed E-state index contributed by atoms with van der Waals surface area (Å²) >= 11 is 0. The molecule has 0 heterocycles. The van der Waals surface area contributed by atoms with Crippen LogP contribution in [0.5, 0.6) is 0 Å². The van der Waals surface area contributed by atoms with Crippen LogP contribution < -0.4 is 5.32 Å². The van der Waals surface area contributed by atoms with Crippen molar-refractivity contribution in [2.24, 2.45) is 0 Å². The van der Waals surface area contributed by atoms with Crippen molar-refractivity contribution in [3.63, 3.8) is 0 Å². The predicted octanol–water partition coefficient (Wildman–Crippen LogP) is 1.34. The van der Waals surface area contributed by atoms with E-state index in [1.165, 1.54) is 17.0 Å². The molecule has 0 aliphatic rings. The van der Waals surface area contributed by atoms with Crippen LogP contribution in [-0.4, -0.2) is 36.9 Å². The van der Waals surface area contributed by atoms with Gasteiger partial charge in [0.05, 0.1) is 12.1 Å². The highest BCUT2D eigenvalue weighted by Crippen LogP contribution is 2.09. The normalized spacial score (nSPS) is 10.0. The molecule has 1 aromatic rings. The number of nitrogens with zero attached hydrogens (tertiary/aromatic N) is 1. The minimum absolute atomic E-state index is 0.0486. The van der Waals surface area contributed by atoms with Gasteiger partial charge in [0.15, 0.2) is 0 Å². The van der Waals surface area contributed by atoms with Crippen LogP contribution in [0.2, 0.25) is 0 Å². The summed E-state index contributed by atoms with van der Waals surface area (Å²) in [5, 5.41) is 2.40. The highest BCUT2D eigenvalue weighted by molar-refractivity contribution is 5.96. The van der Waals surface area contributed by atoms with Crippen molar-refractivity contribution in [3.05, 3.63) is 35.1 Å². The van der Waals surface area contributed by atoms with E-state index >= 15 is 0 Å². The minimum atomic E-state index is -0.580. The summed E-state index contributed by atoms with van der Waals surface area (Å²) in [7, 11) is 1.64. The summed E-state index contributed by atoms with van der Waals surface area (Å²) in [6.45, 7) is 4.01. The van der Waals surface area contributed by atoms with E-state index in [-0.39, 0.29) is 18.0 Å². The van der Waals surface area contributed by atoms with Crippen molar-refractivity contribution >= 4 is 11.8 Å². The zero-order chi connectivity index (χ0) is 13.7. The summed E-state index contributed by atoms with van der Waals surface area (Å²) in [4.78, 5) is 24.6. The Bertz CT molecular complexity index is 460. The van der Waals surface area contributed by atoms with E-state index in [4.69, 9.17) is 0 Å². The van der Waals surface area contributed by atoms with E-state index in [2.05, 4.69) is 5.32 Å². The molecule has 0 fully saturated rings. The number of likely N-dealkylation sites (N-methyl/N-ethyl adjacent to an activating group) is 1. The van der Waals surface area contributed by atoms with Crippen molar-refractivity contribution in [3.8, 4) is 0 Å². The fourth-order valence-electron chi connectivity index (χ4n) is 1.37. The van der Waals surface area contributed by atoms with Crippen LogP contribution >= 0.6 is 0 Å². The summed E-state index contributed by atoms with van der Waals surface area (Å²) < 4.78 is 13.5. The number of hydrogen-bond acceptors (Lipinski definition) is 2. The van der Waals surface area contributed by atoms with E-state index in [9.17, 15) is 14.0 Å². The zero-order valence-electron chi connectivity index (χ0n) is 10.8. The van der Waals surface area contributed by atoms with Crippen LogP contribution in [-0.2, 0) is 4.79 Å². The van der Waals surface area contributed by atoms with E-state index in [1.807, 2.05) is 6.92 Å². The molecule has 1 N–H and O–H groups in total. The Kier molecular flexibility index (Phi) is 4.83. The number of aryl methyl sites for hydroxylation is 1. The zero-order valence-corrected chi connectivity index (χ0v) is 10.8. The molecule has 0 saturated carbocycles. The van der Waals surface area contributed by atoms with Crippen LogP contribution in [0.1, 0.15) is 22.8 Å². The van der Waals surface area contributed by atoms with Crippen LogP contribution in [0.15, 0.2) is 18.2 Å². The summed E-state index contributed by atoms with van der Waals surface area (Å²) in [6, 6.07) is 4.35. The lowest BCUT2D eigenvalue weighted by molar-refractivity contribution is -0.128. The number of carbonyl (C=O) groups is 2. The Balaban J connectivity index is 2.63. The number of nitrogens with one attached hydrogen (secondary N) is 1. The molecule has 0 unspecified atom stereocenters.